The van der Waals surface area contributed by atoms with Crippen molar-refractivity contribution >= 4 is 17.7 Å². The van der Waals surface area contributed by atoms with Crippen LogP contribution in [0, 0.1) is 0 Å². The number of rotatable bonds is 6. The first-order valence-corrected chi connectivity index (χ1v) is 6.50. The van der Waals surface area contributed by atoms with Crippen LogP contribution in [0.25, 0.3) is 6.08 Å². The van der Waals surface area contributed by atoms with E-state index in [1.54, 1.807) is 30.3 Å². The van der Waals surface area contributed by atoms with E-state index < -0.39 is 0 Å². The van der Waals surface area contributed by atoms with E-state index in [4.69, 9.17) is 18.6 Å². The van der Waals surface area contributed by atoms with Crippen molar-refractivity contribution in [2.75, 3.05) is 26.6 Å². The molecule has 0 saturated carbocycles. The predicted molar refractivity (Wildman–Crippen MR) is 82.5 cm³/mol. The Labute approximate surface area is 128 Å². The van der Waals surface area contributed by atoms with Crippen LogP contribution in [0.15, 0.2) is 41.0 Å². The molecule has 1 N–H and O–H groups in total. The molecule has 6 heteroatoms. The molecular formula is C16H17NO5. The fraction of sp³-hybridized carbons (Fsp3) is 0.188. The van der Waals surface area contributed by atoms with Gasteiger partial charge in [-0.25, -0.2) is 0 Å². The van der Waals surface area contributed by atoms with Crippen LogP contribution < -0.4 is 19.5 Å². The Morgan fingerprint density at radius 2 is 1.82 bits per heavy atom. The maximum atomic E-state index is 11.9. The second-order valence-electron chi connectivity index (χ2n) is 4.25. The summed E-state index contributed by atoms with van der Waals surface area (Å²) >= 11 is 0. The average Bonchev–Trinajstić information content (AvgIpc) is 3.05. The third-order valence-electron chi connectivity index (χ3n) is 2.87. The lowest BCUT2D eigenvalue weighted by atomic mass is 10.2. The van der Waals surface area contributed by atoms with Crippen molar-refractivity contribution in [2.24, 2.45) is 0 Å². The van der Waals surface area contributed by atoms with Gasteiger partial charge in [0, 0.05) is 23.9 Å². The quantitative estimate of drug-likeness (QED) is 0.831. The average molecular weight is 303 g/mol. The van der Waals surface area contributed by atoms with Gasteiger partial charge in [0.15, 0.2) is 11.5 Å². The van der Waals surface area contributed by atoms with E-state index in [2.05, 4.69) is 5.32 Å². The molecule has 0 unspecified atom stereocenters. The molecule has 2 aromatic rings. The van der Waals surface area contributed by atoms with Gasteiger partial charge in [0.05, 0.1) is 27.6 Å². The number of hydrogen-bond donors (Lipinski definition) is 1. The van der Waals surface area contributed by atoms with Gasteiger partial charge in [0.25, 0.3) is 0 Å². The van der Waals surface area contributed by atoms with Crippen molar-refractivity contribution in [1.29, 1.82) is 0 Å². The van der Waals surface area contributed by atoms with Crippen LogP contribution in [0.3, 0.4) is 0 Å². The van der Waals surface area contributed by atoms with Crippen molar-refractivity contribution < 1.29 is 23.4 Å². The molecule has 0 radical (unpaired) electrons. The number of amides is 1. The minimum atomic E-state index is -0.300. The summed E-state index contributed by atoms with van der Waals surface area (Å²) in [6.45, 7) is 0. The Bertz CT molecular complexity index is 636. The molecule has 22 heavy (non-hydrogen) atoms. The first kappa shape index (κ1) is 15.5. The summed E-state index contributed by atoms with van der Waals surface area (Å²) in [7, 11) is 4.55. The second-order valence-corrected chi connectivity index (χ2v) is 4.25. The third kappa shape index (κ3) is 3.60. The summed E-state index contributed by atoms with van der Waals surface area (Å²) in [5.74, 6) is 1.69. The SMILES string of the molecule is COc1cc(NC(=O)/C=C\c2ccco2)cc(OC)c1OC. The number of anilines is 1. The highest BCUT2D eigenvalue weighted by molar-refractivity contribution is 6.02. The lowest BCUT2D eigenvalue weighted by Crippen LogP contribution is -2.08. The number of benzene rings is 1. The minimum Gasteiger partial charge on any atom is -0.493 e. The summed E-state index contributed by atoms with van der Waals surface area (Å²) in [6, 6.07) is 6.81. The summed E-state index contributed by atoms with van der Waals surface area (Å²) < 4.78 is 20.8. The minimum absolute atomic E-state index is 0.300. The molecule has 0 spiro atoms. The zero-order chi connectivity index (χ0) is 15.9. The van der Waals surface area contributed by atoms with E-state index in [9.17, 15) is 4.79 Å². The van der Waals surface area contributed by atoms with E-state index >= 15 is 0 Å². The Morgan fingerprint density at radius 1 is 1.14 bits per heavy atom. The van der Waals surface area contributed by atoms with Crippen LogP contribution in [0.5, 0.6) is 17.2 Å². The number of ether oxygens (including phenoxy) is 3. The van der Waals surface area contributed by atoms with Gasteiger partial charge in [-0.3, -0.25) is 4.79 Å². The Kier molecular flexibility index (Phi) is 5.08. The molecule has 0 aliphatic heterocycles. The molecule has 6 nitrogen and oxygen atoms in total. The van der Waals surface area contributed by atoms with Gasteiger partial charge < -0.3 is 23.9 Å². The maximum absolute atomic E-state index is 11.9. The zero-order valence-corrected chi connectivity index (χ0v) is 12.6. The molecule has 0 fully saturated rings. The molecule has 0 aliphatic carbocycles. The van der Waals surface area contributed by atoms with E-state index in [0.717, 1.165) is 0 Å². The zero-order valence-electron chi connectivity index (χ0n) is 12.6. The lowest BCUT2D eigenvalue weighted by molar-refractivity contribution is -0.111. The maximum Gasteiger partial charge on any atom is 0.248 e. The molecule has 1 amide bonds. The first-order chi connectivity index (χ1) is 10.7. The molecule has 1 aromatic heterocycles. The Balaban J connectivity index is 2.16. The van der Waals surface area contributed by atoms with Gasteiger partial charge in [0.1, 0.15) is 5.76 Å². The smallest absolute Gasteiger partial charge is 0.248 e. The van der Waals surface area contributed by atoms with Gasteiger partial charge in [-0.15, -0.1) is 0 Å². The number of carbonyl (C=O) groups is 1. The summed E-state index contributed by atoms with van der Waals surface area (Å²) in [5, 5.41) is 2.72. The second kappa shape index (κ2) is 7.21. The molecule has 2 rings (SSSR count). The van der Waals surface area contributed by atoms with Crippen molar-refractivity contribution in [3.8, 4) is 17.2 Å². The highest BCUT2D eigenvalue weighted by Gasteiger charge is 2.13. The van der Waals surface area contributed by atoms with E-state index in [-0.39, 0.29) is 5.91 Å². The summed E-state index contributed by atoms with van der Waals surface area (Å²) in [4.78, 5) is 11.9. The van der Waals surface area contributed by atoms with Gasteiger partial charge in [0.2, 0.25) is 11.7 Å². The van der Waals surface area contributed by atoms with E-state index in [1.165, 1.54) is 33.7 Å². The van der Waals surface area contributed by atoms with Crippen LogP contribution >= 0.6 is 0 Å². The number of furan rings is 1. The topological polar surface area (TPSA) is 69.9 Å². The lowest BCUT2D eigenvalue weighted by Gasteiger charge is -2.14. The van der Waals surface area contributed by atoms with Crippen molar-refractivity contribution in [3.05, 3.63) is 42.4 Å². The highest BCUT2D eigenvalue weighted by atomic mass is 16.5. The number of hydrogen-bond acceptors (Lipinski definition) is 5. The molecule has 116 valence electrons. The monoisotopic (exact) mass is 303 g/mol. The van der Waals surface area contributed by atoms with Gasteiger partial charge in [-0.05, 0) is 18.2 Å². The molecule has 1 aromatic carbocycles. The third-order valence-corrected chi connectivity index (χ3v) is 2.87. The summed E-state index contributed by atoms with van der Waals surface area (Å²) in [5.41, 5.74) is 0.531. The molecular weight excluding hydrogens is 286 g/mol. The summed E-state index contributed by atoms with van der Waals surface area (Å²) in [6.07, 6.45) is 4.49. The normalized spacial score (nSPS) is 10.5. The van der Waals surface area contributed by atoms with E-state index in [1.807, 2.05) is 0 Å². The molecule has 0 aliphatic rings. The standard InChI is InChI=1S/C16H17NO5/c1-19-13-9-11(10-14(20-2)16(13)21-3)17-15(18)7-6-12-5-4-8-22-12/h4-10H,1-3H3,(H,17,18)/b7-6-. The van der Waals surface area contributed by atoms with Gasteiger partial charge in [-0.2, -0.15) is 0 Å². The van der Waals surface area contributed by atoms with Crippen molar-refractivity contribution in [1.82, 2.24) is 0 Å². The number of carbonyl (C=O) groups excluding carboxylic acids is 1. The van der Waals surface area contributed by atoms with Crippen LogP contribution in [-0.4, -0.2) is 27.2 Å². The fourth-order valence-electron chi connectivity index (χ4n) is 1.88. The molecule has 0 bridgehead atoms. The molecule has 0 saturated heterocycles. The number of nitrogens with one attached hydrogen (secondary N) is 1. The van der Waals surface area contributed by atoms with Crippen LogP contribution in [-0.2, 0) is 4.79 Å². The molecule has 0 atom stereocenters. The fourth-order valence-corrected chi connectivity index (χ4v) is 1.88. The Hall–Kier alpha value is -2.89. The largest absolute Gasteiger partial charge is 0.493 e. The van der Waals surface area contributed by atoms with Crippen LogP contribution in [0.2, 0.25) is 0 Å². The van der Waals surface area contributed by atoms with Gasteiger partial charge >= 0.3 is 0 Å². The van der Waals surface area contributed by atoms with Gasteiger partial charge in [-0.1, -0.05) is 0 Å². The van der Waals surface area contributed by atoms with E-state index in [0.29, 0.717) is 28.7 Å². The van der Waals surface area contributed by atoms with Crippen molar-refractivity contribution in [3.63, 3.8) is 0 Å². The Morgan fingerprint density at radius 3 is 2.32 bits per heavy atom. The van der Waals surface area contributed by atoms with Crippen molar-refractivity contribution in [2.45, 2.75) is 0 Å². The highest BCUT2D eigenvalue weighted by Crippen LogP contribution is 2.39. The molecule has 1 heterocycles. The van der Waals surface area contributed by atoms with Crippen LogP contribution in [0.4, 0.5) is 5.69 Å². The first-order valence-electron chi connectivity index (χ1n) is 6.50. The van der Waals surface area contributed by atoms with Crippen LogP contribution in [0.1, 0.15) is 5.76 Å². The predicted octanol–water partition coefficient (Wildman–Crippen LogP) is 2.96. The number of methoxy groups -OCH3 is 3.